The summed E-state index contributed by atoms with van der Waals surface area (Å²) in [6.45, 7) is 2.35. The molecule has 0 atom stereocenters. The lowest BCUT2D eigenvalue weighted by molar-refractivity contribution is -0.118. The number of carbonyl (C=O) groups is 2. The van der Waals surface area contributed by atoms with E-state index in [4.69, 9.17) is 21.1 Å². The topological polar surface area (TPSA) is 102 Å². The minimum Gasteiger partial charge on any atom is -0.484 e. The highest BCUT2D eigenvalue weighted by Crippen LogP contribution is 2.27. The van der Waals surface area contributed by atoms with E-state index in [-0.39, 0.29) is 41.1 Å². The molecule has 2 aromatic carbocycles. The van der Waals surface area contributed by atoms with E-state index in [0.717, 1.165) is 0 Å². The van der Waals surface area contributed by atoms with Crippen molar-refractivity contribution in [1.82, 2.24) is 4.31 Å². The number of anilines is 1. The Morgan fingerprint density at radius 2 is 1.80 bits per heavy atom. The quantitative estimate of drug-likeness (QED) is 0.648. The van der Waals surface area contributed by atoms with Gasteiger partial charge in [0.25, 0.3) is 5.91 Å². The first-order chi connectivity index (χ1) is 14.3. The van der Waals surface area contributed by atoms with E-state index in [1.165, 1.54) is 29.4 Å². The second-order valence-corrected chi connectivity index (χ2v) is 8.92. The summed E-state index contributed by atoms with van der Waals surface area (Å²) in [5, 5.41) is 2.77. The van der Waals surface area contributed by atoms with Crippen LogP contribution in [0.3, 0.4) is 0 Å². The Morgan fingerprint density at radius 3 is 2.43 bits per heavy atom. The van der Waals surface area contributed by atoms with E-state index >= 15 is 0 Å². The van der Waals surface area contributed by atoms with Gasteiger partial charge in [-0.15, -0.1) is 0 Å². The Hall–Kier alpha value is -2.46. The maximum atomic E-state index is 12.8. The first-order valence-electron chi connectivity index (χ1n) is 9.18. The van der Waals surface area contributed by atoms with E-state index in [1.54, 1.807) is 24.3 Å². The van der Waals surface area contributed by atoms with E-state index in [9.17, 15) is 18.0 Å². The van der Waals surface area contributed by atoms with E-state index in [1.807, 2.05) is 0 Å². The van der Waals surface area contributed by atoms with Crippen LogP contribution in [0.25, 0.3) is 0 Å². The zero-order valence-corrected chi connectivity index (χ0v) is 17.8. The predicted molar refractivity (Wildman–Crippen MR) is 112 cm³/mol. The fourth-order valence-electron chi connectivity index (χ4n) is 2.82. The molecule has 3 rings (SSSR count). The standard InChI is InChI=1S/C20H21ClN2O6S/c1-14(24)15-2-4-16(5-3-15)29-13-20(25)22-19-12-17(6-7-18(19)21)30(26,27)23-8-10-28-11-9-23/h2-7,12H,8-11,13H2,1H3,(H,22,25). The number of ketones is 1. The third-order valence-electron chi connectivity index (χ3n) is 4.45. The highest BCUT2D eigenvalue weighted by molar-refractivity contribution is 7.89. The van der Waals surface area contributed by atoms with Crippen molar-refractivity contribution in [3.63, 3.8) is 0 Å². The number of ether oxygens (including phenoxy) is 2. The Balaban J connectivity index is 1.66. The van der Waals surface area contributed by atoms with Crippen LogP contribution in [0.4, 0.5) is 5.69 Å². The van der Waals surface area contributed by atoms with Crippen LogP contribution in [-0.4, -0.2) is 57.3 Å². The molecule has 1 saturated heterocycles. The van der Waals surface area contributed by atoms with Crippen molar-refractivity contribution < 1.29 is 27.5 Å². The second-order valence-electron chi connectivity index (χ2n) is 6.58. The van der Waals surface area contributed by atoms with Gasteiger partial charge >= 0.3 is 0 Å². The number of amides is 1. The summed E-state index contributed by atoms with van der Waals surface area (Å²) >= 11 is 6.12. The largest absolute Gasteiger partial charge is 0.484 e. The minimum atomic E-state index is -3.72. The Kier molecular flexibility index (Phi) is 7.09. The van der Waals surface area contributed by atoms with Crippen LogP contribution in [0, 0.1) is 0 Å². The maximum Gasteiger partial charge on any atom is 0.262 e. The van der Waals surface area contributed by atoms with Crippen molar-refractivity contribution in [3.05, 3.63) is 53.1 Å². The normalized spacial score (nSPS) is 14.9. The minimum absolute atomic E-state index is 0.0323. The van der Waals surface area contributed by atoms with Crippen LogP contribution < -0.4 is 10.1 Å². The number of halogens is 1. The van der Waals surface area contributed by atoms with Gasteiger partial charge in [0.15, 0.2) is 12.4 Å². The molecule has 0 aromatic heterocycles. The highest BCUT2D eigenvalue weighted by Gasteiger charge is 2.27. The predicted octanol–water partition coefficient (Wildman–Crippen LogP) is 2.58. The third kappa shape index (κ3) is 5.37. The molecule has 1 heterocycles. The molecule has 10 heteroatoms. The number of hydrogen-bond acceptors (Lipinski definition) is 6. The number of nitrogens with one attached hydrogen (secondary N) is 1. The molecule has 0 saturated carbocycles. The van der Waals surface area contributed by atoms with Gasteiger partial charge in [0, 0.05) is 18.7 Å². The zero-order valence-electron chi connectivity index (χ0n) is 16.3. The summed E-state index contributed by atoms with van der Waals surface area (Å²) in [7, 11) is -3.72. The number of nitrogens with zero attached hydrogens (tertiary/aromatic N) is 1. The zero-order chi connectivity index (χ0) is 21.7. The number of benzene rings is 2. The molecule has 0 aliphatic carbocycles. The average molecular weight is 453 g/mol. The fourth-order valence-corrected chi connectivity index (χ4v) is 4.42. The molecule has 30 heavy (non-hydrogen) atoms. The highest BCUT2D eigenvalue weighted by atomic mass is 35.5. The fraction of sp³-hybridized carbons (Fsp3) is 0.300. The van der Waals surface area contributed by atoms with Crippen LogP contribution in [0.1, 0.15) is 17.3 Å². The number of sulfonamides is 1. The summed E-state index contributed by atoms with van der Waals surface area (Å²) in [5.74, 6) is -0.154. The smallest absolute Gasteiger partial charge is 0.262 e. The van der Waals surface area contributed by atoms with Gasteiger partial charge in [0.2, 0.25) is 10.0 Å². The van der Waals surface area contributed by atoms with Crippen molar-refractivity contribution in [2.45, 2.75) is 11.8 Å². The summed E-state index contributed by atoms with van der Waals surface area (Å²) in [5.41, 5.74) is 0.711. The van der Waals surface area contributed by atoms with Crippen LogP contribution in [0.2, 0.25) is 5.02 Å². The molecule has 160 valence electrons. The second kappa shape index (κ2) is 9.57. The average Bonchev–Trinajstić information content (AvgIpc) is 2.74. The van der Waals surface area contributed by atoms with Crippen LogP contribution >= 0.6 is 11.6 Å². The number of Topliss-reactive ketones (excluding diaryl/α,β-unsaturated/α-hetero) is 1. The summed E-state index contributed by atoms with van der Waals surface area (Å²) in [6.07, 6.45) is 0. The van der Waals surface area contributed by atoms with Gasteiger partial charge in [-0.2, -0.15) is 4.31 Å². The number of rotatable bonds is 7. The monoisotopic (exact) mass is 452 g/mol. The van der Waals surface area contributed by atoms with Crippen molar-refractivity contribution in [1.29, 1.82) is 0 Å². The molecule has 0 bridgehead atoms. The first-order valence-corrected chi connectivity index (χ1v) is 11.0. The Bertz CT molecular complexity index is 1030. The maximum absolute atomic E-state index is 12.8. The van der Waals surface area contributed by atoms with Crippen molar-refractivity contribution in [2.75, 3.05) is 38.2 Å². The number of carbonyl (C=O) groups excluding carboxylic acids is 2. The van der Waals surface area contributed by atoms with Gasteiger partial charge < -0.3 is 14.8 Å². The molecule has 1 amide bonds. The number of hydrogen-bond donors (Lipinski definition) is 1. The molecular weight excluding hydrogens is 432 g/mol. The van der Waals surface area contributed by atoms with Crippen molar-refractivity contribution in [2.24, 2.45) is 0 Å². The SMILES string of the molecule is CC(=O)c1ccc(OCC(=O)Nc2cc(S(=O)(=O)N3CCOCC3)ccc2Cl)cc1. The van der Waals surface area contributed by atoms with Crippen LogP contribution in [0.5, 0.6) is 5.75 Å². The summed E-state index contributed by atoms with van der Waals surface area (Å²) in [4.78, 5) is 23.6. The van der Waals surface area contributed by atoms with Crippen LogP contribution in [0.15, 0.2) is 47.4 Å². The molecule has 1 aliphatic heterocycles. The lowest BCUT2D eigenvalue weighted by Gasteiger charge is -2.26. The lowest BCUT2D eigenvalue weighted by atomic mass is 10.1. The van der Waals surface area contributed by atoms with Gasteiger partial charge in [-0.05, 0) is 49.4 Å². The Labute approximate surface area is 179 Å². The Morgan fingerprint density at radius 1 is 1.13 bits per heavy atom. The van der Waals surface area contributed by atoms with Crippen molar-refractivity contribution >= 4 is 39.0 Å². The van der Waals surface area contributed by atoms with E-state index in [0.29, 0.717) is 24.5 Å². The van der Waals surface area contributed by atoms with Gasteiger partial charge in [-0.25, -0.2) is 8.42 Å². The molecule has 0 spiro atoms. The molecular formula is C20H21ClN2O6S. The first kappa shape index (κ1) is 22.2. The third-order valence-corrected chi connectivity index (χ3v) is 6.67. The van der Waals surface area contributed by atoms with Gasteiger partial charge in [-0.3, -0.25) is 9.59 Å². The molecule has 1 fully saturated rings. The van der Waals surface area contributed by atoms with E-state index in [2.05, 4.69) is 5.32 Å². The van der Waals surface area contributed by atoms with Crippen molar-refractivity contribution in [3.8, 4) is 5.75 Å². The molecule has 0 radical (unpaired) electrons. The molecule has 8 nitrogen and oxygen atoms in total. The molecule has 0 unspecified atom stereocenters. The summed E-state index contributed by atoms with van der Waals surface area (Å²) in [6, 6.07) is 10.5. The molecule has 2 aromatic rings. The van der Waals surface area contributed by atoms with E-state index < -0.39 is 15.9 Å². The number of morpholine rings is 1. The van der Waals surface area contributed by atoms with Gasteiger partial charge in [-0.1, -0.05) is 11.6 Å². The molecule has 1 aliphatic rings. The summed E-state index contributed by atoms with van der Waals surface area (Å²) < 4.78 is 37.5. The van der Waals surface area contributed by atoms with Gasteiger partial charge in [0.05, 0.1) is 28.8 Å². The lowest BCUT2D eigenvalue weighted by Crippen LogP contribution is -2.40. The van der Waals surface area contributed by atoms with Crippen LogP contribution in [-0.2, 0) is 19.6 Å². The van der Waals surface area contributed by atoms with Gasteiger partial charge in [0.1, 0.15) is 5.75 Å². The molecule has 1 N–H and O–H groups in total.